The van der Waals surface area contributed by atoms with Gasteiger partial charge in [0.15, 0.2) is 0 Å². The lowest BCUT2D eigenvalue weighted by atomic mass is 10.2. The first kappa shape index (κ1) is 11.6. The van der Waals surface area contributed by atoms with Crippen LogP contribution in [0, 0.1) is 11.5 Å². The molecule has 0 spiro atoms. The van der Waals surface area contributed by atoms with Crippen molar-refractivity contribution in [3.05, 3.63) is 34.3 Å². The van der Waals surface area contributed by atoms with Crippen molar-refractivity contribution < 1.29 is 0 Å². The fourth-order valence-corrected chi connectivity index (χ4v) is 1.90. The zero-order valence-corrected chi connectivity index (χ0v) is 11.5. The molecule has 0 unspecified atom stereocenters. The molecule has 0 fully saturated rings. The molecule has 0 nitrogen and oxygen atoms in total. The first-order chi connectivity index (χ1) is 6.47. The molecule has 1 aromatic carbocycles. The van der Waals surface area contributed by atoms with Gasteiger partial charge in [0.05, 0.1) is 0 Å². The van der Waals surface area contributed by atoms with Crippen LogP contribution in [-0.4, -0.2) is 8.07 Å². The molecule has 0 N–H and O–H groups in total. The molecular weight excluding hydrogens is 252 g/mol. The highest BCUT2D eigenvalue weighted by Gasteiger charge is 2.06. The van der Waals surface area contributed by atoms with Crippen LogP contribution in [0.15, 0.2) is 28.7 Å². The van der Waals surface area contributed by atoms with Crippen LogP contribution in [0.3, 0.4) is 0 Å². The minimum absolute atomic E-state index is 0.873. The number of benzene rings is 1. The molecule has 0 aliphatic rings. The Labute approximate surface area is 95.9 Å². The zero-order valence-electron chi connectivity index (χ0n) is 8.89. The van der Waals surface area contributed by atoms with Gasteiger partial charge in [0.2, 0.25) is 0 Å². The minimum atomic E-state index is -1.19. The maximum atomic E-state index is 3.42. The SMILES string of the molecule is C[Si](C)(C)C#CCc1ccc(Br)cc1. The van der Waals surface area contributed by atoms with Gasteiger partial charge >= 0.3 is 0 Å². The van der Waals surface area contributed by atoms with Gasteiger partial charge in [-0.3, -0.25) is 0 Å². The fraction of sp³-hybridized carbons (Fsp3) is 0.333. The average molecular weight is 267 g/mol. The van der Waals surface area contributed by atoms with Crippen molar-refractivity contribution in [1.29, 1.82) is 0 Å². The van der Waals surface area contributed by atoms with Gasteiger partial charge in [-0.1, -0.05) is 47.7 Å². The Morgan fingerprint density at radius 3 is 2.21 bits per heavy atom. The first-order valence-electron chi connectivity index (χ1n) is 4.72. The summed E-state index contributed by atoms with van der Waals surface area (Å²) in [6.07, 6.45) is 0.873. The van der Waals surface area contributed by atoms with E-state index in [9.17, 15) is 0 Å². The van der Waals surface area contributed by atoms with Crippen LogP contribution < -0.4 is 0 Å². The van der Waals surface area contributed by atoms with E-state index in [1.807, 2.05) is 0 Å². The summed E-state index contributed by atoms with van der Waals surface area (Å²) >= 11 is 3.42. The van der Waals surface area contributed by atoms with Crippen LogP contribution in [0.5, 0.6) is 0 Å². The Kier molecular flexibility index (Phi) is 3.97. The van der Waals surface area contributed by atoms with Crippen molar-refractivity contribution in [3.63, 3.8) is 0 Å². The number of halogens is 1. The molecule has 2 heteroatoms. The summed E-state index contributed by atoms with van der Waals surface area (Å²) in [5, 5.41) is 0. The monoisotopic (exact) mass is 266 g/mol. The smallest absolute Gasteiger partial charge is 0.129 e. The molecule has 1 rings (SSSR count). The molecule has 0 aromatic heterocycles. The summed E-state index contributed by atoms with van der Waals surface area (Å²) in [5.74, 6) is 3.26. The summed E-state index contributed by atoms with van der Waals surface area (Å²) < 4.78 is 1.12. The second kappa shape index (κ2) is 4.81. The largest absolute Gasteiger partial charge is 0.132 e. The minimum Gasteiger partial charge on any atom is -0.132 e. The molecule has 0 bridgehead atoms. The molecule has 0 atom stereocenters. The van der Waals surface area contributed by atoms with Crippen molar-refractivity contribution in [3.8, 4) is 11.5 Å². The summed E-state index contributed by atoms with van der Waals surface area (Å²) in [5.41, 5.74) is 4.65. The molecule has 0 amide bonds. The standard InChI is InChI=1S/C12H15BrSi/c1-14(2,3)10-4-5-11-6-8-12(13)9-7-11/h6-9H,5H2,1-3H3. The molecule has 0 saturated heterocycles. The third-order valence-electron chi connectivity index (χ3n) is 1.67. The maximum absolute atomic E-state index is 3.42. The molecule has 0 radical (unpaired) electrons. The van der Waals surface area contributed by atoms with E-state index in [0.717, 1.165) is 10.9 Å². The first-order valence-corrected chi connectivity index (χ1v) is 9.01. The quantitative estimate of drug-likeness (QED) is 0.535. The van der Waals surface area contributed by atoms with Crippen LogP contribution in [0.4, 0.5) is 0 Å². The summed E-state index contributed by atoms with van der Waals surface area (Å²) in [6, 6.07) is 8.35. The van der Waals surface area contributed by atoms with Crippen LogP contribution in [0.1, 0.15) is 5.56 Å². The summed E-state index contributed by atoms with van der Waals surface area (Å²) in [7, 11) is -1.19. The van der Waals surface area contributed by atoms with E-state index in [0.29, 0.717) is 0 Å². The van der Waals surface area contributed by atoms with Crippen LogP contribution >= 0.6 is 15.9 Å². The average Bonchev–Trinajstić information content (AvgIpc) is 2.06. The highest BCUT2D eigenvalue weighted by Crippen LogP contribution is 2.10. The summed E-state index contributed by atoms with van der Waals surface area (Å²) in [6.45, 7) is 6.80. The van der Waals surface area contributed by atoms with E-state index in [2.05, 4.69) is 71.3 Å². The Morgan fingerprint density at radius 1 is 1.14 bits per heavy atom. The van der Waals surface area contributed by atoms with Crippen molar-refractivity contribution >= 4 is 24.0 Å². The van der Waals surface area contributed by atoms with Gasteiger partial charge in [-0.25, -0.2) is 0 Å². The number of hydrogen-bond acceptors (Lipinski definition) is 0. The van der Waals surface area contributed by atoms with Crippen molar-refractivity contribution in [2.45, 2.75) is 26.1 Å². The van der Waals surface area contributed by atoms with Crippen LogP contribution in [0.2, 0.25) is 19.6 Å². The number of rotatable bonds is 1. The lowest BCUT2D eigenvalue weighted by Gasteiger charge is -2.03. The highest BCUT2D eigenvalue weighted by atomic mass is 79.9. The normalized spacial score (nSPS) is 10.6. The maximum Gasteiger partial charge on any atom is 0.129 e. The molecule has 14 heavy (non-hydrogen) atoms. The topological polar surface area (TPSA) is 0 Å². The lowest BCUT2D eigenvalue weighted by Crippen LogP contribution is -2.16. The summed E-state index contributed by atoms with van der Waals surface area (Å²) in [4.78, 5) is 0. The zero-order chi connectivity index (χ0) is 10.6. The molecule has 74 valence electrons. The molecular formula is C12H15BrSi. The molecule has 0 aliphatic carbocycles. The van der Waals surface area contributed by atoms with E-state index >= 15 is 0 Å². The Morgan fingerprint density at radius 2 is 1.71 bits per heavy atom. The van der Waals surface area contributed by atoms with Gasteiger partial charge in [-0.15, -0.1) is 11.5 Å². The second-order valence-corrected chi connectivity index (χ2v) is 10.0. The Balaban J connectivity index is 2.61. The van der Waals surface area contributed by atoms with Crippen LogP contribution in [-0.2, 0) is 6.42 Å². The molecule has 0 aliphatic heterocycles. The van der Waals surface area contributed by atoms with Gasteiger partial charge in [0.1, 0.15) is 8.07 Å². The predicted molar refractivity (Wildman–Crippen MR) is 69.0 cm³/mol. The Bertz CT molecular complexity index is 349. The highest BCUT2D eigenvalue weighted by molar-refractivity contribution is 9.10. The van der Waals surface area contributed by atoms with Crippen molar-refractivity contribution in [2.24, 2.45) is 0 Å². The number of hydrogen-bond donors (Lipinski definition) is 0. The fourth-order valence-electron chi connectivity index (χ4n) is 1.01. The third-order valence-corrected chi connectivity index (χ3v) is 3.12. The van der Waals surface area contributed by atoms with E-state index in [4.69, 9.17) is 0 Å². The van der Waals surface area contributed by atoms with E-state index in [1.54, 1.807) is 0 Å². The molecule has 0 saturated carbocycles. The van der Waals surface area contributed by atoms with E-state index < -0.39 is 8.07 Å². The predicted octanol–water partition coefficient (Wildman–Crippen LogP) is 3.87. The lowest BCUT2D eigenvalue weighted by molar-refractivity contribution is 1.31. The van der Waals surface area contributed by atoms with Crippen molar-refractivity contribution in [2.75, 3.05) is 0 Å². The van der Waals surface area contributed by atoms with Crippen molar-refractivity contribution in [1.82, 2.24) is 0 Å². The van der Waals surface area contributed by atoms with Crippen LogP contribution in [0.25, 0.3) is 0 Å². The molecule has 1 aromatic rings. The Hall–Kier alpha value is -0.523. The van der Waals surface area contributed by atoms with E-state index in [1.165, 1.54) is 5.56 Å². The molecule has 0 heterocycles. The third kappa shape index (κ3) is 4.64. The van der Waals surface area contributed by atoms with Gasteiger partial charge in [0, 0.05) is 10.9 Å². The van der Waals surface area contributed by atoms with Gasteiger partial charge in [-0.05, 0) is 17.7 Å². The van der Waals surface area contributed by atoms with Gasteiger partial charge in [-0.2, -0.15) is 0 Å². The van der Waals surface area contributed by atoms with Gasteiger partial charge < -0.3 is 0 Å². The van der Waals surface area contributed by atoms with Gasteiger partial charge in [0.25, 0.3) is 0 Å². The van der Waals surface area contributed by atoms with E-state index in [-0.39, 0.29) is 0 Å². The second-order valence-electron chi connectivity index (χ2n) is 4.36.